The van der Waals surface area contributed by atoms with Crippen LogP contribution in [-0.2, 0) is 64.9 Å². The molecule has 0 aromatic carbocycles. The van der Waals surface area contributed by atoms with Crippen LogP contribution in [0.2, 0.25) is 0 Å². The lowest BCUT2D eigenvalue weighted by Crippen LogP contribution is -2.38. The van der Waals surface area contributed by atoms with E-state index in [1.807, 2.05) is 0 Å². The molecular formula is C30H41N7O18P2S. The van der Waals surface area contributed by atoms with Gasteiger partial charge in [-0.2, -0.15) is 0 Å². The lowest BCUT2D eigenvalue weighted by atomic mass is 10.1. The third-order valence-corrected chi connectivity index (χ3v) is 13.0. The van der Waals surface area contributed by atoms with E-state index in [-0.39, 0.29) is 23.4 Å². The molecule has 6 heterocycles. The number of H-pyrrole nitrogens is 1. The highest BCUT2D eigenvalue weighted by Crippen LogP contribution is 2.64. The minimum atomic E-state index is -4.89. The van der Waals surface area contributed by atoms with Gasteiger partial charge < -0.3 is 38.9 Å². The smallest absolute Gasteiger partial charge is 0.432 e. The molecule has 9 atom stereocenters. The SMILES string of the molecule is CO[C@@H]1[C@@H]2OP(=O)(SCOC(=O)OC(C)C)OC[C@@H]3C[C@@H](OP(=O)(OCOC(=O)OC(C)C)OC[C@H]2O[C@H]1n1cnc2c(N)ncnc21)[C@H](n1ccc(=O)[nH]c1=O)O3. The average Bonchev–Trinajstić information content (AvgIpc) is 3.84. The van der Waals surface area contributed by atoms with Crippen LogP contribution < -0.4 is 17.0 Å². The average molecular weight is 882 g/mol. The predicted molar refractivity (Wildman–Crippen MR) is 195 cm³/mol. The molecule has 3 N–H and O–H groups in total. The van der Waals surface area contributed by atoms with Gasteiger partial charge in [0.05, 0.1) is 37.9 Å². The molecule has 6 rings (SSSR count). The summed E-state index contributed by atoms with van der Waals surface area (Å²) in [6.07, 6.45) is -8.66. The van der Waals surface area contributed by atoms with Crippen molar-refractivity contribution >= 4 is 55.3 Å². The van der Waals surface area contributed by atoms with Gasteiger partial charge in [-0.25, -0.2) is 43.0 Å². The standard InChI is InChI=1S/C30H41N7O18P2S/c1-15(2)50-29(40)45-13-49-56(42)47-10-19-22(23(44-5)27(53-19)37-12-34-21-24(31)32-11-33-25(21)37)55-57(43,58-14-46-30(41)51-16(3)4)48-9-17-8-18(54-56)26(52-17)36-7-6-20(38)35-28(36)39/h6-7,11-12,15-19,22-23,26-27H,8-10,13-14H2,1-5H3,(H2,31,32,33)(H,35,38,39)/t17-,18+,19+,22+,23+,26+,27+,56?,57?/m0/s1. The lowest BCUT2D eigenvalue weighted by molar-refractivity contribution is -0.0768. The molecule has 320 valence electrons. The van der Waals surface area contributed by atoms with Crippen molar-refractivity contribution in [3.8, 4) is 0 Å². The van der Waals surface area contributed by atoms with Gasteiger partial charge in [0.15, 0.2) is 29.9 Å². The molecule has 2 bridgehead atoms. The molecule has 3 aromatic heterocycles. The van der Waals surface area contributed by atoms with Crippen molar-refractivity contribution in [2.24, 2.45) is 0 Å². The van der Waals surface area contributed by atoms with Crippen molar-refractivity contribution in [1.82, 2.24) is 29.1 Å². The number of aromatic amines is 1. The molecule has 58 heavy (non-hydrogen) atoms. The summed E-state index contributed by atoms with van der Waals surface area (Å²) in [5.74, 6) is -0.507. The fraction of sp³-hybridized carbons (Fsp3) is 0.633. The van der Waals surface area contributed by atoms with E-state index >= 15 is 0 Å². The number of nitrogens with zero attached hydrogens (tertiary/aromatic N) is 5. The lowest BCUT2D eigenvalue weighted by Gasteiger charge is -2.29. The first kappa shape index (κ1) is 43.6. The number of anilines is 1. The number of rotatable bonds is 11. The second-order valence-electron chi connectivity index (χ2n) is 13.1. The van der Waals surface area contributed by atoms with Gasteiger partial charge in [-0.1, -0.05) is 0 Å². The number of hydrogen-bond donors (Lipinski definition) is 2. The predicted octanol–water partition coefficient (Wildman–Crippen LogP) is 2.98. The second-order valence-corrected chi connectivity index (χ2v) is 18.7. The Morgan fingerprint density at radius 2 is 1.71 bits per heavy atom. The largest absolute Gasteiger partial charge is 0.510 e. The number of phosphoric acid groups is 1. The van der Waals surface area contributed by atoms with E-state index in [1.165, 1.54) is 24.3 Å². The van der Waals surface area contributed by atoms with Crippen LogP contribution in [-0.4, -0.2) is 117 Å². The van der Waals surface area contributed by atoms with Crippen LogP contribution >= 0.6 is 26.0 Å². The first-order valence-electron chi connectivity index (χ1n) is 17.5. The fourth-order valence-electron chi connectivity index (χ4n) is 5.87. The number of phosphoric ester groups is 1. The third-order valence-electron chi connectivity index (χ3n) is 8.26. The zero-order valence-electron chi connectivity index (χ0n) is 31.5. The molecule has 0 aliphatic carbocycles. The van der Waals surface area contributed by atoms with Gasteiger partial charge in [-0.05, 0) is 27.7 Å². The minimum Gasteiger partial charge on any atom is -0.432 e. The Balaban J connectivity index is 1.36. The summed E-state index contributed by atoms with van der Waals surface area (Å²) >= 11 is 0.479. The third kappa shape index (κ3) is 10.4. The molecule has 3 aromatic rings. The highest BCUT2D eigenvalue weighted by molar-refractivity contribution is 8.55. The van der Waals surface area contributed by atoms with Crippen molar-refractivity contribution in [1.29, 1.82) is 0 Å². The Hall–Kier alpha value is -3.94. The van der Waals surface area contributed by atoms with E-state index in [2.05, 4.69) is 19.9 Å². The van der Waals surface area contributed by atoms with Crippen LogP contribution in [0.5, 0.6) is 0 Å². The van der Waals surface area contributed by atoms with E-state index in [0.717, 1.165) is 16.8 Å². The molecule has 0 amide bonds. The summed E-state index contributed by atoms with van der Waals surface area (Å²) < 4.78 is 99.1. The summed E-state index contributed by atoms with van der Waals surface area (Å²) in [4.78, 5) is 63.7. The maximum atomic E-state index is 14.7. The van der Waals surface area contributed by atoms with Crippen LogP contribution in [0.3, 0.4) is 0 Å². The molecule has 0 spiro atoms. The Labute approximate surface area is 332 Å². The quantitative estimate of drug-likeness (QED) is 0.159. The number of fused-ring (bicyclic) bond motifs is 4. The van der Waals surface area contributed by atoms with E-state index in [1.54, 1.807) is 27.7 Å². The summed E-state index contributed by atoms with van der Waals surface area (Å²) in [5.41, 5.74) is 4.83. The summed E-state index contributed by atoms with van der Waals surface area (Å²) in [5, 5.41) is 0. The number of methoxy groups -OCH3 is 1. The van der Waals surface area contributed by atoms with Crippen LogP contribution in [0, 0.1) is 0 Å². The van der Waals surface area contributed by atoms with Gasteiger partial charge in [0.25, 0.3) is 5.56 Å². The molecule has 3 aliphatic heterocycles. The van der Waals surface area contributed by atoms with Gasteiger partial charge in [-0.3, -0.25) is 37.0 Å². The number of carbonyl (C=O) groups is 2. The van der Waals surface area contributed by atoms with Gasteiger partial charge in [0, 0.05) is 37.2 Å². The van der Waals surface area contributed by atoms with Crippen molar-refractivity contribution in [3.63, 3.8) is 0 Å². The number of imidazole rings is 1. The number of carbonyl (C=O) groups excluding carboxylic acids is 2. The number of nitrogen functional groups attached to an aromatic ring is 1. The highest BCUT2D eigenvalue weighted by Gasteiger charge is 2.53. The molecule has 0 saturated carbocycles. The summed E-state index contributed by atoms with van der Waals surface area (Å²) in [6, 6.07) is 1.04. The topological polar surface area (TPSA) is 304 Å². The molecule has 25 nitrogen and oxygen atoms in total. The van der Waals surface area contributed by atoms with E-state index in [0.29, 0.717) is 11.4 Å². The maximum Gasteiger partial charge on any atom is 0.510 e. The molecule has 3 saturated heterocycles. The van der Waals surface area contributed by atoms with Gasteiger partial charge >= 0.3 is 32.6 Å². The van der Waals surface area contributed by atoms with E-state index < -0.39 is 119 Å². The minimum absolute atomic E-state index is 0.0668. The maximum absolute atomic E-state index is 14.7. The van der Waals surface area contributed by atoms with Gasteiger partial charge in [0.1, 0.15) is 36.3 Å². The zero-order valence-corrected chi connectivity index (χ0v) is 34.1. The van der Waals surface area contributed by atoms with Crippen molar-refractivity contribution in [2.45, 2.75) is 89.3 Å². The first-order chi connectivity index (χ1) is 27.6. The first-order valence-corrected chi connectivity index (χ1v) is 22.1. The monoisotopic (exact) mass is 881 g/mol. The second kappa shape index (κ2) is 18.5. The number of hydrogen-bond acceptors (Lipinski definition) is 23. The molecule has 0 radical (unpaired) electrons. The van der Waals surface area contributed by atoms with Crippen LogP contribution in [0.4, 0.5) is 15.4 Å². The Kier molecular flexibility index (Phi) is 14.0. The Bertz CT molecular complexity index is 2150. The highest BCUT2D eigenvalue weighted by atomic mass is 32.7. The van der Waals surface area contributed by atoms with Crippen LogP contribution in [0.1, 0.15) is 46.6 Å². The van der Waals surface area contributed by atoms with E-state index in [9.17, 15) is 28.3 Å². The number of nitrogens with two attached hydrogens (primary N) is 1. The van der Waals surface area contributed by atoms with E-state index in [4.69, 9.17) is 61.5 Å². The van der Waals surface area contributed by atoms with Crippen LogP contribution in [0.25, 0.3) is 11.2 Å². The number of nitrogens with one attached hydrogen (secondary N) is 1. The summed E-state index contributed by atoms with van der Waals surface area (Å²) in [6.45, 7) is -0.315. The number of aromatic nitrogens is 6. The molecule has 28 heteroatoms. The van der Waals surface area contributed by atoms with Gasteiger partial charge in [-0.15, -0.1) is 0 Å². The summed E-state index contributed by atoms with van der Waals surface area (Å²) in [7, 11) is -3.58. The zero-order chi connectivity index (χ0) is 41.8. The van der Waals surface area contributed by atoms with Crippen LogP contribution in [0.15, 0.2) is 34.5 Å². The van der Waals surface area contributed by atoms with Crippen molar-refractivity contribution in [2.75, 3.05) is 38.8 Å². The van der Waals surface area contributed by atoms with Crippen molar-refractivity contribution in [3.05, 3.63) is 45.8 Å². The molecular weight excluding hydrogens is 840 g/mol. The molecule has 3 aliphatic rings. The molecule has 2 unspecified atom stereocenters. The Morgan fingerprint density at radius 3 is 2.41 bits per heavy atom. The fourth-order valence-corrected chi connectivity index (χ4v) is 9.91. The Morgan fingerprint density at radius 1 is 0.966 bits per heavy atom. The normalized spacial score (nSPS) is 30.3. The molecule has 3 fully saturated rings. The number of ether oxygens (including phenoxy) is 7. The van der Waals surface area contributed by atoms with Crippen molar-refractivity contribution < 1.29 is 74.5 Å². The van der Waals surface area contributed by atoms with Gasteiger partial charge in [0.2, 0.25) is 6.79 Å².